The fraction of sp³-hybridized carbons (Fsp3) is 0.533. The molecule has 0 aliphatic rings. The maximum atomic E-state index is 11.5. The standard InChI is InChI=1S/C15H24O3/c1-4-14(3)18-15(17)13(2)11-9-7-5-6-8-10-12-16/h4,8,10,14,16H,1-2,5-7,9,11-12H2,3H3/b10-8-. The molecular weight excluding hydrogens is 228 g/mol. The van der Waals surface area contributed by atoms with E-state index in [4.69, 9.17) is 9.84 Å². The van der Waals surface area contributed by atoms with Crippen LogP contribution in [0.15, 0.2) is 37.0 Å². The predicted molar refractivity (Wildman–Crippen MR) is 74.2 cm³/mol. The molecule has 0 fully saturated rings. The first-order chi connectivity index (χ1) is 8.61. The summed E-state index contributed by atoms with van der Waals surface area (Å²) in [5, 5.41) is 8.54. The largest absolute Gasteiger partial charge is 0.455 e. The predicted octanol–water partition coefficient (Wildman–Crippen LogP) is 3.16. The van der Waals surface area contributed by atoms with Crippen molar-refractivity contribution >= 4 is 5.97 Å². The van der Waals surface area contributed by atoms with E-state index in [0.717, 1.165) is 25.7 Å². The first-order valence-corrected chi connectivity index (χ1v) is 6.39. The van der Waals surface area contributed by atoms with Crippen LogP contribution in [0.2, 0.25) is 0 Å². The van der Waals surface area contributed by atoms with Gasteiger partial charge in [-0.05, 0) is 32.6 Å². The number of hydrogen-bond donors (Lipinski definition) is 1. The zero-order chi connectivity index (χ0) is 13.8. The number of unbranched alkanes of at least 4 members (excludes halogenated alkanes) is 3. The molecule has 1 N–H and O–H groups in total. The maximum absolute atomic E-state index is 11.5. The smallest absolute Gasteiger partial charge is 0.333 e. The lowest BCUT2D eigenvalue weighted by Crippen LogP contribution is -2.13. The van der Waals surface area contributed by atoms with E-state index in [1.54, 1.807) is 19.1 Å². The van der Waals surface area contributed by atoms with Gasteiger partial charge in [-0.2, -0.15) is 0 Å². The van der Waals surface area contributed by atoms with Crippen LogP contribution < -0.4 is 0 Å². The lowest BCUT2D eigenvalue weighted by molar-refractivity contribution is -0.141. The second kappa shape index (κ2) is 10.8. The molecule has 1 atom stereocenters. The summed E-state index contributed by atoms with van der Waals surface area (Å²) in [6, 6.07) is 0. The Bertz CT molecular complexity index is 292. The van der Waals surface area contributed by atoms with Crippen molar-refractivity contribution < 1.29 is 14.6 Å². The molecule has 18 heavy (non-hydrogen) atoms. The van der Waals surface area contributed by atoms with Crippen LogP contribution in [-0.4, -0.2) is 23.8 Å². The highest BCUT2D eigenvalue weighted by Gasteiger charge is 2.10. The van der Waals surface area contributed by atoms with E-state index in [1.165, 1.54) is 0 Å². The molecule has 0 aromatic rings. The average molecular weight is 252 g/mol. The molecule has 0 rings (SSSR count). The molecule has 0 aliphatic carbocycles. The molecular formula is C15H24O3. The van der Waals surface area contributed by atoms with Crippen LogP contribution in [0.25, 0.3) is 0 Å². The second-order valence-corrected chi connectivity index (χ2v) is 4.20. The third kappa shape index (κ3) is 8.76. The molecule has 102 valence electrons. The third-order valence-corrected chi connectivity index (χ3v) is 2.53. The summed E-state index contributed by atoms with van der Waals surface area (Å²) in [6.07, 6.45) is 9.69. The molecule has 0 saturated heterocycles. The molecule has 1 unspecified atom stereocenters. The third-order valence-electron chi connectivity index (χ3n) is 2.53. The van der Waals surface area contributed by atoms with E-state index in [0.29, 0.717) is 12.0 Å². The highest BCUT2D eigenvalue weighted by Crippen LogP contribution is 2.11. The monoisotopic (exact) mass is 252 g/mol. The van der Waals surface area contributed by atoms with Crippen molar-refractivity contribution in [3.8, 4) is 0 Å². The Labute approximate surface area is 110 Å². The number of ether oxygens (including phenoxy) is 1. The van der Waals surface area contributed by atoms with Gasteiger partial charge in [0, 0.05) is 5.57 Å². The van der Waals surface area contributed by atoms with Gasteiger partial charge in [0.05, 0.1) is 6.61 Å². The maximum Gasteiger partial charge on any atom is 0.333 e. The average Bonchev–Trinajstić information content (AvgIpc) is 2.37. The molecule has 3 nitrogen and oxygen atoms in total. The number of esters is 1. The van der Waals surface area contributed by atoms with E-state index >= 15 is 0 Å². The van der Waals surface area contributed by atoms with E-state index in [2.05, 4.69) is 13.2 Å². The summed E-state index contributed by atoms with van der Waals surface area (Å²) in [5.41, 5.74) is 0.523. The molecule has 0 spiro atoms. The highest BCUT2D eigenvalue weighted by molar-refractivity contribution is 5.87. The Morgan fingerprint density at radius 2 is 2.06 bits per heavy atom. The summed E-state index contributed by atoms with van der Waals surface area (Å²) < 4.78 is 5.08. The number of carbonyl (C=O) groups excluding carboxylic acids is 1. The van der Waals surface area contributed by atoms with Gasteiger partial charge >= 0.3 is 5.97 Å². The van der Waals surface area contributed by atoms with Gasteiger partial charge in [0.15, 0.2) is 0 Å². The molecule has 3 heteroatoms. The first kappa shape index (κ1) is 16.6. The van der Waals surface area contributed by atoms with Crippen LogP contribution in [0.1, 0.15) is 39.0 Å². The molecule has 0 aromatic heterocycles. The van der Waals surface area contributed by atoms with Crippen LogP contribution in [0.4, 0.5) is 0 Å². The summed E-state index contributed by atoms with van der Waals surface area (Å²) in [6.45, 7) is 9.16. The minimum Gasteiger partial charge on any atom is -0.455 e. The lowest BCUT2D eigenvalue weighted by Gasteiger charge is -2.10. The zero-order valence-electron chi connectivity index (χ0n) is 11.2. The minimum absolute atomic E-state index is 0.101. The normalized spacial score (nSPS) is 12.3. The molecule has 0 bridgehead atoms. The fourth-order valence-corrected chi connectivity index (χ4v) is 1.37. The molecule has 0 heterocycles. The van der Waals surface area contributed by atoms with Crippen LogP contribution in [0.5, 0.6) is 0 Å². The van der Waals surface area contributed by atoms with E-state index in [-0.39, 0.29) is 18.7 Å². The van der Waals surface area contributed by atoms with Crippen LogP contribution in [0, 0.1) is 0 Å². The molecule has 0 radical (unpaired) electrons. The van der Waals surface area contributed by atoms with E-state index in [1.807, 2.05) is 6.08 Å². The summed E-state index contributed by atoms with van der Waals surface area (Å²) in [5.74, 6) is -0.331. The molecule has 0 aliphatic heterocycles. The quantitative estimate of drug-likeness (QED) is 0.281. The van der Waals surface area contributed by atoms with Gasteiger partial charge in [-0.15, -0.1) is 0 Å². The van der Waals surface area contributed by atoms with Crippen LogP contribution >= 0.6 is 0 Å². The highest BCUT2D eigenvalue weighted by atomic mass is 16.5. The Hall–Kier alpha value is -1.35. The SMILES string of the molecule is C=CC(C)OC(=O)C(=C)CCCCC/C=C\CO. The van der Waals surface area contributed by atoms with Gasteiger partial charge < -0.3 is 9.84 Å². The van der Waals surface area contributed by atoms with Gasteiger partial charge in [0.2, 0.25) is 0 Å². The topological polar surface area (TPSA) is 46.5 Å². The number of hydrogen-bond acceptors (Lipinski definition) is 3. The summed E-state index contributed by atoms with van der Waals surface area (Å²) in [4.78, 5) is 11.5. The molecule has 0 amide bonds. The number of aliphatic hydroxyl groups excluding tert-OH is 1. The van der Waals surface area contributed by atoms with Crippen LogP contribution in [0.3, 0.4) is 0 Å². The van der Waals surface area contributed by atoms with Crippen molar-refractivity contribution in [2.45, 2.75) is 45.1 Å². The van der Waals surface area contributed by atoms with Crippen molar-refractivity contribution in [2.24, 2.45) is 0 Å². The minimum atomic E-state index is -0.331. The number of carbonyl (C=O) groups is 1. The van der Waals surface area contributed by atoms with Gasteiger partial charge in [-0.3, -0.25) is 0 Å². The zero-order valence-corrected chi connectivity index (χ0v) is 11.2. The second-order valence-electron chi connectivity index (χ2n) is 4.20. The Morgan fingerprint density at radius 1 is 1.33 bits per heavy atom. The first-order valence-electron chi connectivity index (χ1n) is 6.39. The van der Waals surface area contributed by atoms with Crippen molar-refractivity contribution in [3.63, 3.8) is 0 Å². The van der Waals surface area contributed by atoms with E-state index < -0.39 is 0 Å². The Kier molecular flexibility index (Phi) is 9.97. The van der Waals surface area contributed by atoms with Gasteiger partial charge in [-0.1, -0.05) is 37.8 Å². The van der Waals surface area contributed by atoms with Crippen molar-refractivity contribution in [3.05, 3.63) is 37.0 Å². The van der Waals surface area contributed by atoms with Crippen LogP contribution in [-0.2, 0) is 9.53 Å². The number of aliphatic hydroxyl groups is 1. The van der Waals surface area contributed by atoms with Crippen molar-refractivity contribution in [1.82, 2.24) is 0 Å². The van der Waals surface area contributed by atoms with Gasteiger partial charge in [-0.25, -0.2) is 4.79 Å². The Balaban J connectivity index is 3.61. The lowest BCUT2D eigenvalue weighted by atomic mass is 10.1. The summed E-state index contributed by atoms with van der Waals surface area (Å²) in [7, 11) is 0. The Morgan fingerprint density at radius 3 is 2.67 bits per heavy atom. The number of rotatable bonds is 10. The summed E-state index contributed by atoms with van der Waals surface area (Å²) >= 11 is 0. The molecule has 0 saturated carbocycles. The fourth-order valence-electron chi connectivity index (χ4n) is 1.37. The van der Waals surface area contributed by atoms with Crippen molar-refractivity contribution in [2.75, 3.05) is 6.61 Å². The van der Waals surface area contributed by atoms with Gasteiger partial charge in [0.25, 0.3) is 0 Å². The van der Waals surface area contributed by atoms with E-state index in [9.17, 15) is 4.79 Å². The number of allylic oxidation sites excluding steroid dienone is 1. The molecule has 0 aromatic carbocycles. The van der Waals surface area contributed by atoms with Gasteiger partial charge in [0.1, 0.15) is 6.10 Å². The van der Waals surface area contributed by atoms with Crippen molar-refractivity contribution in [1.29, 1.82) is 0 Å².